The molecule has 0 aromatic carbocycles. The lowest BCUT2D eigenvalue weighted by atomic mass is 9.88. The summed E-state index contributed by atoms with van der Waals surface area (Å²) < 4.78 is 0. The Morgan fingerprint density at radius 3 is 3.14 bits per heavy atom. The van der Waals surface area contributed by atoms with E-state index in [0.717, 1.165) is 35.4 Å². The topological polar surface area (TPSA) is 68.3 Å². The average Bonchev–Trinajstić information content (AvgIpc) is 2.83. The number of thiophene rings is 1. The number of carbonyl (C=O) groups excluding carboxylic acids is 1. The Morgan fingerprint density at radius 2 is 2.43 bits per heavy atom. The molecule has 1 amide bonds. The Balaban J connectivity index is 1.98. The number of aromatic nitrogens is 1. The number of fused-ring (bicyclic) bond motifs is 1. The van der Waals surface area contributed by atoms with Crippen molar-refractivity contribution in [3.63, 3.8) is 0 Å². The molecule has 1 aliphatic rings. The number of nitrogens with two attached hydrogens (primary N) is 1. The number of hydrogen-bond acceptors (Lipinski definition) is 4. The quantitative estimate of drug-likeness (QED) is 0.885. The van der Waals surface area contributed by atoms with Crippen LogP contribution < -0.4 is 5.73 Å². The maximum absolute atomic E-state index is 11.8. The standard InChI is InChI=1S/C16H17N3OS/c1-10-4-5-12-13(7-10)21-16(14(12)15(17)20)19-9-11-3-2-6-18-8-11/h2-3,6,8-10H,4-5,7H2,1H3,(H2,17,20)/t10-/m1/s1. The molecule has 5 heteroatoms. The number of carbonyl (C=O) groups is 1. The fourth-order valence-corrected chi connectivity index (χ4v) is 4.03. The maximum Gasteiger partial charge on any atom is 0.252 e. The zero-order chi connectivity index (χ0) is 14.8. The molecular formula is C16H17N3OS. The third kappa shape index (κ3) is 2.88. The molecule has 2 N–H and O–H groups in total. The number of primary amides is 1. The predicted octanol–water partition coefficient (Wildman–Crippen LogP) is 3.12. The molecule has 2 aromatic rings. The van der Waals surface area contributed by atoms with Gasteiger partial charge in [-0.25, -0.2) is 4.99 Å². The number of nitrogens with zero attached hydrogens (tertiary/aromatic N) is 2. The van der Waals surface area contributed by atoms with Gasteiger partial charge < -0.3 is 5.73 Å². The van der Waals surface area contributed by atoms with Gasteiger partial charge in [0.2, 0.25) is 0 Å². The van der Waals surface area contributed by atoms with Crippen LogP contribution in [0, 0.1) is 5.92 Å². The average molecular weight is 299 g/mol. The molecule has 108 valence electrons. The molecular weight excluding hydrogens is 282 g/mol. The van der Waals surface area contributed by atoms with Crippen LogP contribution in [0.15, 0.2) is 29.5 Å². The van der Waals surface area contributed by atoms with E-state index in [-0.39, 0.29) is 5.91 Å². The summed E-state index contributed by atoms with van der Waals surface area (Å²) in [5.41, 5.74) is 8.21. The van der Waals surface area contributed by atoms with E-state index < -0.39 is 0 Å². The SMILES string of the molecule is C[C@@H]1CCc2c(sc(N=Cc3cccnc3)c2C(N)=O)C1. The first-order valence-corrected chi connectivity index (χ1v) is 7.85. The third-order valence-electron chi connectivity index (χ3n) is 3.75. The summed E-state index contributed by atoms with van der Waals surface area (Å²) in [5.74, 6) is 0.285. The second kappa shape index (κ2) is 5.77. The Labute approximate surface area is 127 Å². The van der Waals surface area contributed by atoms with Crippen molar-refractivity contribution in [1.82, 2.24) is 4.98 Å². The molecule has 3 rings (SSSR count). The fourth-order valence-electron chi connectivity index (χ4n) is 2.67. The van der Waals surface area contributed by atoms with E-state index in [9.17, 15) is 4.79 Å². The van der Waals surface area contributed by atoms with Crippen LogP contribution in [0.2, 0.25) is 0 Å². The van der Waals surface area contributed by atoms with E-state index in [4.69, 9.17) is 5.73 Å². The van der Waals surface area contributed by atoms with Crippen LogP contribution in [-0.4, -0.2) is 17.1 Å². The minimum Gasteiger partial charge on any atom is -0.365 e. The van der Waals surface area contributed by atoms with Crippen molar-refractivity contribution in [3.05, 3.63) is 46.1 Å². The van der Waals surface area contributed by atoms with Crippen LogP contribution in [0.3, 0.4) is 0 Å². The number of pyridine rings is 1. The van der Waals surface area contributed by atoms with Crippen LogP contribution in [0.25, 0.3) is 0 Å². The van der Waals surface area contributed by atoms with Crippen molar-refractivity contribution < 1.29 is 4.79 Å². The van der Waals surface area contributed by atoms with Gasteiger partial charge in [0.1, 0.15) is 5.00 Å². The monoisotopic (exact) mass is 299 g/mol. The molecule has 0 radical (unpaired) electrons. The van der Waals surface area contributed by atoms with Crippen LogP contribution in [0.1, 0.15) is 39.7 Å². The normalized spacial score (nSPS) is 17.9. The summed E-state index contributed by atoms with van der Waals surface area (Å²) in [4.78, 5) is 21.6. The summed E-state index contributed by atoms with van der Waals surface area (Å²) in [6, 6.07) is 3.79. The number of hydrogen-bond donors (Lipinski definition) is 1. The summed E-state index contributed by atoms with van der Waals surface area (Å²) in [7, 11) is 0. The molecule has 0 unspecified atom stereocenters. The first-order chi connectivity index (χ1) is 10.1. The Bertz CT molecular complexity index is 691. The fraction of sp³-hybridized carbons (Fsp3) is 0.312. The smallest absolute Gasteiger partial charge is 0.252 e. The van der Waals surface area contributed by atoms with Gasteiger partial charge in [-0.2, -0.15) is 0 Å². The molecule has 1 aliphatic carbocycles. The molecule has 0 bridgehead atoms. The highest BCUT2D eigenvalue weighted by atomic mass is 32.1. The van der Waals surface area contributed by atoms with Gasteiger partial charge in [-0.15, -0.1) is 11.3 Å². The van der Waals surface area contributed by atoms with Crippen molar-refractivity contribution in [2.24, 2.45) is 16.6 Å². The molecule has 0 saturated carbocycles. The highest BCUT2D eigenvalue weighted by molar-refractivity contribution is 7.16. The van der Waals surface area contributed by atoms with Crippen molar-refractivity contribution in [2.75, 3.05) is 0 Å². The lowest BCUT2D eigenvalue weighted by Crippen LogP contribution is -2.16. The predicted molar refractivity (Wildman–Crippen MR) is 85.5 cm³/mol. The summed E-state index contributed by atoms with van der Waals surface area (Å²) in [5, 5.41) is 0.727. The first kappa shape index (κ1) is 13.9. The molecule has 0 aliphatic heterocycles. The van der Waals surface area contributed by atoms with Crippen LogP contribution in [0.5, 0.6) is 0 Å². The van der Waals surface area contributed by atoms with Gasteiger partial charge in [-0.05, 0) is 36.8 Å². The molecule has 21 heavy (non-hydrogen) atoms. The molecule has 2 heterocycles. The van der Waals surface area contributed by atoms with E-state index in [0.29, 0.717) is 11.5 Å². The van der Waals surface area contributed by atoms with E-state index in [2.05, 4.69) is 16.9 Å². The summed E-state index contributed by atoms with van der Waals surface area (Å²) in [6.07, 6.45) is 8.24. The molecule has 0 saturated heterocycles. The largest absolute Gasteiger partial charge is 0.365 e. The Kier molecular flexibility index (Phi) is 3.84. The van der Waals surface area contributed by atoms with E-state index in [1.807, 2.05) is 12.1 Å². The van der Waals surface area contributed by atoms with Gasteiger partial charge in [0.25, 0.3) is 5.91 Å². The van der Waals surface area contributed by atoms with Crippen LogP contribution in [-0.2, 0) is 12.8 Å². The highest BCUT2D eigenvalue weighted by Gasteiger charge is 2.26. The lowest BCUT2D eigenvalue weighted by Gasteiger charge is -2.18. The minimum absolute atomic E-state index is 0.375. The molecule has 4 nitrogen and oxygen atoms in total. The Hall–Kier alpha value is -2.01. The summed E-state index contributed by atoms with van der Waals surface area (Å²) in [6.45, 7) is 2.24. The minimum atomic E-state index is -0.375. The van der Waals surface area contributed by atoms with Crippen LogP contribution >= 0.6 is 11.3 Å². The Morgan fingerprint density at radius 1 is 1.57 bits per heavy atom. The molecule has 2 aromatic heterocycles. The second-order valence-corrected chi connectivity index (χ2v) is 6.52. The third-order valence-corrected chi connectivity index (χ3v) is 4.92. The van der Waals surface area contributed by atoms with Gasteiger partial charge >= 0.3 is 0 Å². The number of aliphatic imine (C=N–C) groups is 1. The molecule has 1 atom stereocenters. The van der Waals surface area contributed by atoms with E-state index in [1.54, 1.807) is 29.9 Å². The van der Waals surface area contributed by atoms with Gasteiger partial charge in [0.05, 0.1) is 5.56 Å². The van der Waals surface area contributed by atoms with Gasteiger partial charge in [-0.3, -0.25) is 9.78 Å². The zero-order valence-electron chi connectivity index (χ0n) is 11.9. The number of rotatable bonds is 3. The van der Waals surface area contributed by atoms with Gasteiger partial charge in [0, 0.05) is 29.0 Å². The lowest BCUT2D eigenvalue weighted by molar-refractivity contribution is 0.1000. The van der Waals surface area contributed by atoms with Crippen molar-refractivity contribution in [1.29, 1.82) is 0 Å². The first-order valence-electron chi connectivity index (χ1n) is 7.03. The highest BCUT2D eigenvalue weighted by Crippen LogP contribution is 2.40. The van der Waals surface area contributed by atoms with E-state index in [1.165, 1.54) is 4.88 Å². The molecule has 0 fully saturated rings. The second-order valence-electron chi connectivity index (χ2n) is 5.44. The number of amides is 1. The van der Waals surface area contributed by atoms with Crippen molar-refractivity contribution in [2.45, 2.75) is 26.2 Å². The maximum atomic E-state index is 11.8. The van der Waals surface area contributed by atoms with Gasteiger partial charge in [0.15, 0.2) is 0 Å². The van der Waals surface area contributed by atoms with E-state index >= 15 is 0 Å². The van der Waals surface area contributed by atoms with Crippen molar-refractivity contribution in [3.8, 4) is 0 Å². The molecule has 0 spiro atoms. The van der Waals surface area contributed by atoms with Crippen molar-refractivity contribution >= 4 is 28.5 Å². The zero-order valence-corrected chi connectivity index (χ0v) is 12.7. The van der Waals surface area contributed by atoms with Crippen LogP contribution in [0.4, 0.5) is 5.00 Å². The van der Waals surface area contributed by atoms with Gasteiger partial charge in [-0.1, -0.05) is 13.0 Å². The summed E-state index contributed by atoms with van der Waals surface area (Å²) >= 11 is 1.59.